The molecule has 2 heterocycles. The Kier molecular flexibility index (Phi) is 9.10. The summed E-state index contributed by atoms with van der Waals surface area (Å²) < 4.78 is 6.61. The molecular formula is C28H39N5O4. The van der Waals surface area contributed by atoms with E-state index in [4.69, 9.17) is 4.74 Å². The van der Waals surface area contributed by atoms with E-state index >= 15 is 0 Å². The maximum atomic E-state index is 13.6. The summed E-state index contributed by atoms with van der Waals surface area (Å²) in [5.74, 6) is 0.391. The molecule has 37 heavy (non-hydrogen) atoms. The zero-order valence-electron chi connectivity index (χ0n) is 22.1. The van der Waals surface area contributed by atoms with Gasteiger partial charge in [-0.1, -0.05) is 32.3 Å². The summed E-state index contributed by atoms with van der Waals surface area (Å²) in [6.07, 6.45) is 10.6. The van der Waals surface area contributed by atoms with Crippen LogP contribution in [0.2, 0.25) is 0 Å². The molecule has 1 aliphatic carbocycles. The van der Waals surface area contributed by atoms with Crippen molar-refractivity contribution in [1.82, 2.24) is 19.8 Å². The fraction of sp³-hybridized carbons (Fsp3) is 0.571. The Morgan fingerprint density at radius 2 is 2.03 bits per heavy atom. The summed E-state index contributed by atoms with van der Waals surface area (Å²) in [6, 6.07) is 4.82. The van der Waals surface area contributed by atoms with Crippen LogP contribution in [0.4, 0.5) is 5.69 Å². The van der Waals surface area contributed by atoms with Crippen LogP contribution in [0.1, 0.15) is 66.8 Å². The maximum Gasteiger partial charge on any atom is 0.275 e. The molecule has 0 radical (unpaired) electrons. The monoisotopic (exact) mass is 509 g/mol. The molecule has 1 aliphatic heterocycles. The standard InChI is InChI=1S/C28H39N5O4/c1-19-15-33(20(2)18-34)28(36)22-10-7-11-23(31-27(35)24-14-29-12-13-30-24)26(22)37-25(19)17-32(3)16-21-8-5-4-6-9-21/h7,10-14,19-21,25,34H,4-6,8-9,15-18H2,1-3H3,(H,31,35)/t19-,20-,25+/m0/s1. The average Bonchev–Trinajstić information content (AvgIpc) is 2.91. The number of carbonyl (C=O) groups excluding carboxylic acids is 2. The van der Waals surface area contributed by atoms with Crippen molar-refractivity contribution in [3.8, 4) is 5.75 Å². The van der Waals surface area contributed by atoms with Crippen LogP contribution in [-0.4, -0.2) is 82.1 Å². The van der Waals surface area contributed by atoms with Crippen molar-refractivity contribution in [2.45, 2.75) is 58.1 Å². The summed E-state index contributed by atoms with van der Waals surface area (Å²) in [7, 11) is 2.13. The molecule has 2 aliphatic rings. The van der Waals surface area contributed by atoms with Crippen LogP contribution >= 0.6 is 0 Å². The molecule has 4 rings (SSSR count). The summed E-state index contributed by atoms with van der Waals surface area (Å²) in [4.78, 5) is 38.6. The summed E-state index contributed by atoms with van der Waals surface area (Å²) in [6.45, 7) is 5.97. The van der Waals surface area contributed by atoms with E-state index < -0.39 is 5.91 Å². The average molecular weight is 510 g/mol. The number of rotatable bonds is 8. The van der Waals surface area contributed by atoms with Crippen LogP contribution < -0.4 is 10.1 Å². The number of likely N-dealkylation sites (N-methyl/N-ethyl adjacent to an activating group) is 1. The van der Waals surface area contributed by atoms with Gasteiger partial charge in [-0.15, -0.1) is 0 Å². The SMILES string of the molecule is C[C@H]1CN([C@@H](C)CO)C(=O)c2cccc(NC(=O)c3cnccn3)c2O[C@@H]1CN(C)CC1CCCCC1. The molecule has 1 fully saturated rings. The Bertz CT molecular complexity index is 1060. The molecule has 0 saturated heterocycles. The summed E-state index contributed by atoms with van der Waals surface area (Å²) in [5.41, 5.74) is 0.946. The number of nitrogens with one attached hydrogen (secondary N) is 1. The zero-order valence-corrected chi connectivity index (χ0v) is 22.1. The molecule has 0 unspecified atom stereocenters. The lowest BCUT2D eigenvalue weighted by Gasteiger charge is -2.39. The van der Waals surface area contributed by atoms with Gasteiger partial charge in [-0.25, -0.2) is 4.98 Å². The number of anilines is 1. The number of fused-ring (bicyclic) bond motifs is 1. The Morgan fingerprint density at radius 3 is 2.73 bits per heavy atom. The van der Waals surface area contributed by atoms with Crippen molar-refractivity contribution in [3.63, 3.8) is 0 Å². The molecular weight excluding hydrogens is 470 g/mol. The number of aromatic nitrogens is 2. The van der Waals surface area contributed by atoms with Gasteiger partial charge in [0.2, 0.25) is 0 Å². The Labute approximate surface area is 219 Å². The number of aliphatic hydroxyl groups is 1. The number of ether oxygens (including phenoxy) is 1. The Morgan fingerprint density at radius 1 is 1.24 bits per heavy atom. The van der Waals surface area contributed by atoms with Crippen molar-refractivity contribution in [2.75, 3.05) is 38.6 Å². The van der Waals surface area contributed by atoms with Gasteiger partial charge in [0, 0.05) is 37.9 Å². The number of hydrogen-bond donors (Lipinski definition) is 2. The fourth-order valence-electron chi connectivity index (χ4n) is 5.35. The highest BCUT2D eigenvalue weighted by Crippen LogP contribution is 2.35. The van der Waals surface area contributed by atoms with Gasteiger partial charge in [0.05, 0.1) is 30.1 Å². The number of aliphatic hydroxyl groups excluding tert-OH is 1. The molecule has 9 heteroatoms. The number of para-hydroxylation sites is 1. The van der Waals surface area contributed by atoms with Crippen LogP contribution in [0.15, 0.2) is 36.8 Å². The first-order valence-electron chi connectivity index (χ1n) is 13.3. The van der Waals surface area contributed by atoms with Crippen LogP contribution in [0.25, 0.3) is 0 Å². The largest absolute Gasteiger partial charge is 0.486 e. The first-order chi connectivity index (χ1) is 17.9. The van der Waals surface area contributed by atoms with Crippen LogP contribution in [0, 0.1) is 11.8 Å². The van der Waals surface area contributed by atoms with Crippen molar-refractivity contribution >= 4 is 17.5 Å². The predicted octanol–water partition coefficient (Wildman–Crippen LogP) is 3.46. The number of nitrogens with zero attached hydrogens (tertiary/aromatic N) is 4. The summed E-state index contributed by atoms with van der Waals surface area (Å²) in [5, 5.41) is 12.8. The Hall–Kier alpha value is -3.04. The second-order valence-corrected chi connectivity index (χ2v) is 10.6. The quantitative estimate of drug-likeness (QED) is 0.561. The minimum Gasteiger partial charge on any atom is -0.486 e. The number of hydrogen-bond acceptors (Lipinski definition) is 7. The first-order valence-corrected chi connectivity index (χ1v) is 13.3. The molecule has 200 valence electrons. The van der Waals surface area contributed by atoms with E-state index in [9.17, 15) is 14.7 Å². The van der Waals surface area contributed by atoms with Gasteiger partial charge in [0.15, 0.2) is 5.75 Å². The summed E-state index contributed by atoms with van der Waals surface area (Å²) >= 11 is 0. The highest BCUT2D eigenvalue weighted by Gasteiger charge is 2.35. The third-order valence-electron chi connectivity index (χ3n) is 7.52. The molecule has 3 atom stereocenters. The van der Waals surface area contributed by atoms with Crippen LogP contribution in [0.3, 0.4) is 0 Å². The van der Waals surface area contributed by atoms with Gasteiger partial charge >= 0.3 is 0 Å². The maximum absolute atomic E-state index is 13.6. The van der Waals surface area contributed by atoms with Crippen molar-refractivity contribution < 1.29 is 19.4 Å². The van der Waals surface area contributed by atoms with E-state index in [1.807, 2.05) is 6.92 Å². The second kappa shape index (κ2) is 12.5. The van der Waals surface area contributed by atoms with Crippen molar-refractivity contribution in [1.29, 1.82) is 0 Å². The first kappa shape index (κ1) is 27.0. The van der Waals surface area contributed by atoms with Crippen LogP contribution in [0.5, 0.6) is 5.75 Å². The third-order valence-corrected chi connectivity index (χ3v) is 7.52. The highest BCUT2D eigenvalue weighted by molar-refractivity contribution is 6.06. The second-order valence-electron chi connectivity index (χ2n) is 10.6. The molecule has 1 aromatic carbocycles. The molecule has 0 bridgehead atoms. The smallest absolute Gasteiger partial charge is 0.275 e. The van der Waals surface area contributed by atoms with Gasteiger partial charge in [-0.3, -0.25) is 14.6 Å². The molecule has 2 amide bonds. The van der Waals surface area contributed by atoms with Gasteiger partial charge in [-0.2, -0.15) is 0 Å². The minimum absolute atomic E-state index is 0.00338. The van der Waals surface area contributed by atoms with E-state index in [2.05, 4.69) is 34.2 Å². The van der Waals surface area contributed by atoms with E-state index in [-0.39, 0.29) is 36.3 Å². The topological polar surface area (TPSA) is 108 Å². The van der Waals surface area contributed by atoms with E-state index in [0.717, 1.165) is 6.54 Å². The van der Waals surface area contributed by atoms with Gasteiger partial charge in [0.25, 0.3) is 11.8 Å². The highest BCUT2D eigenvalue weighted by atomic mass is 16.5. The van der Waals surface area contributed by atoms with E-state index in [1.165, 1.54) is 50.7 Å². The molecule has 9 nitrogen and oxygen atoms in total. The third kappa shape index (κ3) is 6.64. The van der Waals surface area contributed by atoms with Crippen molar-refractivity contribution in [3.05, 3.63) is 48.0 Å². The number of amides is 2. The van der Waals surface area contributed by atoms with Crippen molar-refractivity contribution in [2.24, 2.45) is 11.8 Å². The lowest BCUT2D eigenvalue weighted by atomic mass is 9.89. The van der Waals surface area contributed by atoms with Crippen LogP contribution in [-0.2, 0) is 0 Å². The zero-order chi connectivity index (χ0) is 26.4. The molecule has 2 aromatic rings. The van der Waals surface area contributed by atoms with Gasteiger partial charge in [0.1, 0.15) is 11.8 Å². The molecule has 1 aromatic heterocycles. The minimum atomic E-state index is -0.431. The lowest BCUT2D eigenvalue weighted by molar-refractivity contribution is 0.0332. The Balaban J connectivity index is 1.63. The lowest BCUT2D eigenvalue weighted by Crippen LogP contribution is -2.50. The fourth-order valence-corrected chi connectivity index (χ4v) is 5.35. The van der Waals surface area contributed by atoms with E-state index in [0.29, 0.717) is 36.0 Å². The molecule has 0 spiro atoms. The normalized spacial score (nSPS) is 21.5. The number of benzene rings is 1. The number of carbonyl (C=O) groups is 2. The van der Waals surface area contributed by atoms with Gasteiger partial charge in [-0.05, 0) is 44.9 Å². The van der Waals surface area contributed by atoms with E-state index in [1.54, 1.807) is 23.1 Å². The predicted molar refractivity (Wildman–Crippen MR) is 142 cm³/mol. The molecule has 2 N–H and O–H groups in total. The van der Waals surface area contributed by atoms with Gasteiger partial charge < -0.3 is 25.0 Å². The molecule has 1 saturated carbocycles.